The number of hydrogen-bond donors (Lipinski definition) is 1. The van der Waals surface area contributed by atoms with Crippen LogP contribution >= 0.6 is 11.8 Å². The van der Waals surface area contributed by atoms with Crippen molar-refractivity contribution >= 4 is 34.3 Å². The Hall–Kier alpha value is -2.71. The highest BCUT2D eigenvalue weighted by Crippen LogP contribution is 2.19. The van der Waals surface area contributed by atoms with Crippen molar-refractivity contribution in [3.05, 3.63) is 64.7 Å². The van der Waals surface area contributed by atoms with Crippen molar-refractivity contribution < 1.29 is 9.18 Å². The van der Waals surface area contributed by atoms with Gasteiger partial charge < -0.3 is 10.2 Å². The van der Waals surface area contributed by atoms with Crippen LogP contribution in [-0.4, -0.2) is 46.8 Å². The summed E-state index contributed by atoms with van der Waals surface area (Å²) in [6.07, 6.45) is 0.788. The zero-order chi connectivity index (χ0) is 20.8. The van der Waals surface area contributed by atoms with E-state index in [1.807, 2.05) is 26.2 Å². The summed E-state index contributed by atoms with van der Waals surface area (Å²) in [6, 6.07) is 12.9. The molecule has 0 unspecified atom stereocenters. The Morgan fingerprint density at radius 2 is 2.00 bits per heavy atom. The van der Waals surface area contributed by atoms with Gasteiger partial charge in [-0.05, 0) is 57.4 Å². The largest absolute Gasteiger partial charge is 0.325 e. The van der Waals surface area contributed by atoms with E-state index in [9.17, 15) is 14.0 Å². The maximum absolute atomic E-state index is 13.3. The Morgan fingerprint density at radius 1 is 1.21 bits per heavy atom. The predicted octanol–water partition coefficient (Wildman–Crippen LogP) is 3.22. The minimum absolute atomic E-state index is 0.0645. The third kappa shape index (κ3) is 5.65. The van der Waals surface area contributed by atoms with Crippen molar-refractivity contribution in [1.82, 2.24) is 14.5 Å². The van der Waals surface area contributed by atoms with Crippen LogP contribution in [0.15, 0.2) is 58.5 Å². The molecule has 0 aliphatic heterocycles. The molecule has 1 N–H and O–H groups in total. The highest BCUT2D eigenvalue weighted by atomic mass is 32.2. The molecule has 0 radical (unpaired) electrons. The van der Waals surface area contributed by atoms with Gasteiger partial charge in [-0.1, -0.05) is 30.0 Å². The number of benzene rings is 2. The second kappa shape index (κ2) is 9.67. The number of para-hydroxylation sites is 1. The van der Waals surface area contributed by atoms with Crippen LogP contribution in [0.4, 0.5) is 10.1 Å². The van der Waals surface area contributed by atoms with Gasteiger partial charge >= 0.3 is 0 Å². The molecule has 0 fully saturated rings. The van der Waals surface area contributed by atoms with Gasteiger partial charge in [0.2, 0.25) is 5.91 Å². The van der Waals surface area contributed by atoms with E-state index in [1.54, 1.807) is 22.8 Å². The molecule has 3 aromatic rings. The number of amides is 1. The first kappa shape index (κ1) is 21.0. The molecule has 8 heteroatoms. The summed E-state index contributed by atoms with van der Waals surface area (Å²) in [5, 5.41) is 3.72. The van der Waals surface area contributed by atoms with Gasteiger partial charge in [-0.3, -0.25) is 14.2 Å². The highest BCUT2D eigenvalue weighted by Gasteiger charge is 2.13. The molecule has 1 heterocycles. The molecule has 152 valence electrons. The van der Waals surface area contributed by atoms with E-state index >= 15 is 0 Å². The van der Waals surface area contributed by atoms with Crippen molar-refractivity contribution in [2.75, 3.05) is 31.7 Å². The summed E-state index contributed by atoms with van der Waals surface area (Å²) in [7, 11) is 3.96. The molecule has 0 aliphatic rings. The maximum Gasteiger partial charge on any atom is 0.262 e. The van der Waals surface area contributed by atoms with E-state index < -0.39 is 5.82 Å². The Kier molecular flexibility index (Phi) is 7.00. The standard InChI is InChI=1S/C21H23FN4O2S/c1-25(2)11-6-12-26-20(28)17-9-3-4-10-18(17)24-21(26)29-14-19(27)23-16-8-5-7-15(22)13-16/h3-5,7-10,13H,6,11-12,14H2,1-2H3,(H,23,27). The molecule has 3 rings (SSSR count). The fourth-order valence-corrected chi connectivity index (χ4v) is 3.72. The second-order valence-electron chi connectivity index (χ2n) is 6.87. The molecule has 1 amide bonds. The highest BCUT2D eigenvalue weighted by molar-refractivity contribution is 7.99. The first-order chi connectivity index (χ1) is 13.9. The molecule has 6 nitrogen and oxygen atoms in total. The van der Waals surface area contributed by atoms with E-state index in [1.165, 1.54) is 30.0 Å². The van der Waals surface area contributed by atoms with Crippen LogP contribution in [0.3, 0.4) is 0 Å². The third-order valence-corrected chi connectivity index (χ3v) is 5.23. The van der Waals surface area contributed by atoms with Gasteiger partial charge in [0.05, 0.1) is 16.7 Å². The summed E-state index contributed by atoms with van der Waals surface area (Å²) in [4.78, 5) is 31.9. The molecule has 1 aromatic heterocycles. The van der Waals surface area contributed by atoms with E-state index in [0.29, 0.717) is 28.3 Å². The summed E-state index contributed by atoms with van der Waals surface area (Å²) >= 11 is 1.20. The van der Waals surface area contributed by atoms with E-state index in [2.05, 4.69) is 15.2 Å². The number of aromatic nitrogens is 2. The topological polar surface area (TPSA) is 67.2 Å². The average molecular weight is 415 g/mol. The van der Waals surface area contributed by atoms with Crippen LogP contribution in [0.25, 0.3) is 10.9 Å². The van der Waals surface area contributed by atoms with Gasteiger partial charge in [0.15, 0.2) is 5.16 Å². The van der Waals surface area contributed by atoms with Crippen LogP contribution in [0.1, 0.15) is 6.42 Å². The first-order valence-electron chi connectivity index (χ1n) is 9.26. The lowest BCUT2D eigenvalue weighted by Crippen LogP contribution is -2.26. The number of carbonyl (C=O) groups excluding carboxylic acids is 1. The van der Waals surface area contributed by atoms with Gasteiger partial charge in [0.25, 0.3) is 5.56 Å². The van der Waals surface area contributed by atoms with Crippen molar-refractivity contribution in [3.8, 4) is 0 Å². The minimum atomic E-state index is -0.415. The molecule has 0 atom stereocenters. The summed E-state index contributed by atoms with van der Waals surface area (Å²) < 4.78 is 14.9. The molecular weight excluding hydrogens is 391 g/mol. The van der Waals surface area contributed by atoms with Crippen LogP contribution in [0, 0.1) is 5.82 Å². The number of anilines is 1. The average Bonchev–Trinajstić information content (AvgIpc) is 2.68. The smallest absolute Gasteiger partial charge is 0.262 e. The van der Waals surface area contributed by atoms with Gasteiger partial charge in [0, 0.05) is 12.2 Å². The van der Waals surface area contributed by atoms with Crippen molar-refractivity contribution in [2.24, 2.45) is 0 Å². The summed E-state index contributed by atoms with van der Waals surface area (Å²) in [5.74, 6) is -0.640. The van der Waals surface area contributed by atoms with Crippen LogP contribution in [-0.2, 0) is 11.3 Å². The number of thioether (sulfide) groups is 1. The third-order valence-electron chi connectivity index (χ3n) is 4.25. The van der Waals surface area contributed by atoms with Crippen molar-refractivity contribution in [3.63, 3.8) is 0 Å². The molecule has 0 saturated carbocycles. The fraction of sp³-hybridized carbons (Fsp3) is 0.286. The predicted molar refractivity (Wildman–Crippen MR) is 115 cm³/mol. The number of hydrogen-bond acceptors (Lipinski definition) is 5. The van der Waals surface area contributed by atoms with E-state index in [0.717, 1.165) is 13.0 Å². The molecular formula is C21H23FN4O2S. The maximum atomic E-state index is 13.3. The molecule has 29 heavy (non-hydrogen) atoms. The minimum Gasteiger partial charge on any atom is -0.325 e. The van der Waals surface area contributed by atoms with Gasteiger partial charge in [0.1, 0.15) is 5.82 Å². The monoisotopic (exact) mass is 414 g/mol. The Bertz CT molecular complexity index is 1070. The van der Waals surface area contributed by atoms with Gasteiger partial charge in [-0.25, -0.2) is 9.37 Å². The normalized spacial score (nSPS) is 11.2. The number of fused-ring (bicyclic) bond motifs is 1. The quantitative estimate of drug-likeness (QED) is 0.453. The Balaban J connectivity index is 1.79. The van der Waals surface area contributed by atoms with Gasteiger partial charge in [-0.2, -0.15) is 0 Å². The Morgan fingerprint density at radius 3 is 2.76 bits per heavy atom. The number of rotatable bonds is 8. The number of nitrogens with zero attached hydrogens (tertiary/aromatic N) is 3. The fourth-order valence-electron chi connectivity index (χ4n) is 2.89. The molecule has 0 aliphatic carbocycles. The van der Waals surface area contributed by atoms with Gasteiger partial charge in [-0.15, -0.1) is 0 Å². The first-order valence-corrected chi connectivity index (χ1v) is 10.2. The van der Waals surface area contributed by atoms with Crippen LogP contribution in [0.2, 0.25) is 0 Å². The van der Waals surface area contributed by atoms with E-state index in [-0.39, 0.29) is 17.2 Å². The Labute approximate surface area is 172 Å². The molecule has 0 spiro atoms. The molecule has 0 bridgehead atoms. The number of nitrogens with one attached hydrogen (secondary N) is 1. The molecule has 0 saturated heterocycles. The van der Waals surface area contributed by atoms with Crippen molar-refractivity contribution in [1.29, 1.82) is 0 Å². The second-order valence-corrected chi connectivity index (χ2v) is 7.81. The number of halogens is 1. The van der Waals surface area contributed by atoms with Crippen LogP contribution < -0.4 is 10.9 Å². The number of carbonyl (C=O) groups is 1. The van der Waals surface area contributed by atoms with Crippen LogP contribution in [0.5, 0.6) is 0 Å². The summed E-state index contributed by atoms with van der Waals surface area (Å²) in [6.45, 7) is 1.35. The SMILES string of the molecule is CN(C)CCCn1c(SCC(=O)Nc2cccc(F)c2)nc2ccccc2c1=O. The van der Waals surface area contributed by atoms with Crippen molar-refractivity contribution in [2.45, 2.75) is 18.1 Å². The van der Waals surface area contributed by atoms with E-state index in [4.69, 9.17) is 0 Å². The molecule has 2 aromatic carbocycles. The lowest BCUT2D eigenvalue weighted by Gasteiger charge is -2.15. The zero-order valence-corrected chi connectivity index (χ0v) is 17.2. The summed E-state index contributed by atoms with van der Waals surface area (Å²) in [5.41, 5.74) is 0.891. The lowest BCUT2D eigenvalue weighted by atomic mass is 10.2. The lowest BCUT2D eigenvalue weighted by molar-refractivity contribution is -0.113. The zero-order valence-electron chi connectivity index (χ0n) is 16.4.